The van der Waals surface area contributed by atoms with E-state index in [0.29, 0.717) is 10.7 Å². The lowest BCUT2D eigenvalue weighted by Crippen LogP contribution is -2.30. The maximum Gasteiger partial charge on any atom is 0.311 e. The van der Waals surface area contributed by atoms with Crippen molar-refractivity contribution >= 4 is 40.1 Å². The van der Waals surface area contributed by atoms with Gasteiger partial charge < -0.3 is 15.0 Å². The van der Waals surface area contributed by atoms with Crippen LogP contribution in [0.25, 0.3) is 10.9 Å². The van der Waals surface area contributed by atoms with E-state index in [-0.39, 0.29) is 6.42 Å². The fourth-order valence-corrected chi connectivity index (χ4v) is 2.63. The summed E-state index contributed by atoms with van der Waals surface area (Å²) >= 11 is 5.80. The minimum absolute atomic E-state index is 0.0998. The van der Waals surface area contributed by atoms with Gasteiger partial charge in [-0.25, -0.2) is 0 Å². The highest BCUT2D eigenvalue weighted by atomic mass is 35.5. The smallest absolute Gasteiger partial charge is 0.311 e. The Bertz CT molecular complexity index is 902. The van der Waals surface area contributed by atoms with E-state index in [1.807, 2.05) is 24.3 Å². The van der Waals surface area contributed by atoms with Gasteiger partial charge in [0.15, 0.2) is 6.10 Å². The zero-order valence-corrected chi connectivity index (χ0v) is 14.3. The van der Waals surface area contributed by atoms with E-state index in [2.05, 4.69) is 10.3 Å². The molecule has 1 heterocycles. The first-order valence-electron chi connectivity index (χ1n) is 7.84. The van der Waals surface area contributed by atoms with Gasteiger partial charge in [0, 0.05) is 27.8 Å². The van der Waals surface area contributed by atoms with Crippen LogP contribution in [0.3, 0.4) is 0 Å². The number of anilines is 1. The van der Waals surface area contributed by atoms with Crippen LogP contribution in [0, 0.1) is 0 Å². The number of carbonyl (C=O) groups excluding carboxylic acids is 2. The molecule has 1 amide bonds. The Balaban J connectivity index is 1.58. The molecular weight excluding hydrogens is 340 g/mol. The van der Waals surface area contributed by atoms with Crippen molar-refractivity contribution in [3.05, 3.63) is 65.3 Å². The maximum atomic E-state index is 12.1. The van der Waals surface area contributed by atoms with Crippen molar-refractivity contribution in [2.24, 2.45) is 0 Å². The van der Waals surface area contributed by atoms with E-state index >= 15 is 0 Å². The first-order valence-corrected chi connectivity index (χ1v) is 8.21. The van der Waals surface area contributed by atoms with Crippen LogP contribution >= 0.6 is 11.6 Å². The van der Waals surface area contributed by atoms with Crippen LogP contribution in [0.2, 0.25) is 5.02 Å². The molecule has 0 saturated heterocycles. The summed E-state index contributed by atoms with van der Waals surface area (Å²) in [6, 6.07) is 14.4. The lowest BCUT2D eigenvalue weighted by molar-refractivity contribution is -0.152. The number of fused-ring (bicyclic) bond motifs is 1. The van der Waals surface area contributed by atoms with Crippen molar-refractivity contribution in [3.63, 3.8) is 0 Å². The quantitative estimate of drug-likeness (QED) is 0.680. The number of esters is 1. The molecular formula is C19H17ClN2O3. The van der Waals surface area contributed by atoms with Gasteiger partial charge in [0.1, 0.15) is 0 Å². The molecule has 0 spiro atoms. The van der Waals surface area contributed by atoms with Crippen molar-refractivity contribution < 1.29 is 14.3 Å². The van der Waals surface area contributed by atoms with Crippen molar-refractivity contribution in [1.82, 2.24) is 4.98 Å². The second-order valence-corrected chi connectivity index (χ2v) is 6.10. The highest BCUT2D eigenvalue weighted by Crippen LogP contribution is 2.19. The number of benzene rings is 2. The molecule has 5 nitrogen and oxygen atoms in total. The number of hydrogen-bond acceptors (Lipinski definition) is 3. The largest absolute Gasteiger partial charge is 0.452 e. The molecule has 3 aromatic rings. The summed E-state index contributed by atoms with van der Waals surface area (Å²) in [5.41, 5.74) is 2.39. The van der Waals surface area contributed by atoms with Gasteiger partial charge in [-0.3, -0.25) is 9.59 Å². The van der Waals surface area contributed by atoms with Gasteiger partial charge in [0.25, 0.3) is 5.91 Å². The zero-order valence-electron chi connectivity index (χ0n) is 13.6. The predicted octanol–water partition coefficient (Wildman–Crippen LogP) is 3.93. The normalized spacial score (nSPS) is 11.9. The molecule has 3 rings (SSSR count). The number of aromatic nitrogens is 1. The van der Waals surface area contributed by atoms with E-state index in [1.165, 1.54) is 0 Å². The van der Waals surface area contributed by atoms with Crippen molar-refractivity contribution in [3.8, 4) is 0 Å². The maximum absolute atomic E-state index is 12.1. The number of hydrogen-bond donors (Lipinski definition) is 2. The third-order valence-electron chi connectivity index (χ3n) is 3.80. The van der Waals surface area contributed by atoms with E-state index in [1.54, 1.807) is 37.4 Å². The van der Waals surface area contributed by atoms with Crippen LogP contribution in [0.1, 0.15) is 12.5 Å². The number of para-hydroxylation sites is 1. The lowest BCUT2D eigenvalue weighted by atomic mass is 10.1. The van der Waals surface area contributed by atoms with Crippen molar-refractivity contribution in [1.29, 1.82) is 0 Å². The molecule has 0 unspecified atom stereocenters. The van der Waals surface area contributed by atoms with Gasteiger partial charge in [-0.05, 0) is 42.8 Å². The minimum Gasteiger partial charge on any atom is -0.452 e. The van der Waals surface area contributed by atoms with Gasteiger partial charge in [-0.15, -0.1) is 0 Å². The molecule has 25 heavy (non-hydrogen) atoms. The van der Waals surface area contributed by atoms with Crippen LogP contribution < -0.4 is 5.32 Å². The van der Waals surface area contributed by atoms with Gasteiger partial charge in [0.05, 0.1) is 6.42 Å². The number of nitrogens with one attached hydrogen (secondary N) is 2. The third-order valence-corrected chi connectivity index (χ3v) is 4.05. The Labute approximate surface area is 149 Å². The molecule has 6 heteroatoms. The first-order chi connectivity index (χ1) is 12.0. The molecule has 2 aromatic carbocycles. The van der Waals surface area contributed by atoms with Crippen LogP contribution in [0.4, 0.5) is 5.69 Å². The third kappa shape index (κ3) is 4.19. The monoisotopic (exact) mass is 356 g/mol. The summed E-state index contributed by atoms with van der Waals surface area (Å²) in [5.74, 6) is -0.849. The topological polar surface area (TPSA) is 71.2 Å². The van der Waals surface area contributed by atoms with Gasteiger partial charge >= 0.3 is 5.97 Å². The lowest BCUT2D eigenvalue weighted by Gasteiger charge is -2.13. The molecule has 2 N–H and O–H groups in total. The predicted molar refractivity (Wildman–Crippen MR) is 97.6 cm³/mol. The Morgan fingerprint density at radius 2 is 1.88 bits per heavy atom. The standard InChI is InChI=1S/C19H17ClN2O3/c1-12(19(24)22-15-8-6-14(20)7-9-15)25-18(23)10-13-11-21-17-5-3-2-4-16(13)17/h2-9,11-12,21H,10H2,1H3,(H,22,24)/t12-/m1/s1. The molecule has 1 aromatic heterocycles. The summed E-state index contributed by atoms with van der Waals surface area (Å²) in [6.07, 6.45) is 0.987. The average molecular weight is 357 g/mol. The molecule has 128 valence electrons. The van der Waals surface area contributed by atoms with Crippen molar-refractivity contribution in [2.45, 2.75) is 19.4 Å². The molecule has 0 fully saturated rings. The number of halogens is 1. The number of carbonyl (C=O) groups is 2. The van der Waals surface area contributed by atoms with Gasteiger partial charge in [0.2, 0.25) is 0 Å². The molecule has 0 saturated carbocycles. The molecule has 0 radical (unpaired) electrons. The van der Waals surface area contributed by atoms with Gasteiger partial charge in [-0.1, -0.05) is 29.8 Å². The second-order valence-electron chi connectivity index (χ2n) is 5.66. The number of aromatic amines is 1. The number of H-pyrrole nitrogens is 1. The first kappa shape index (κ1) is 17.0. The number of rotatable bonds is 5. The zero-order chi connectivity index (χ0) is 17.8. The molecule has 0 aliphatic heterocycles. The minimum atomic E-state index is -0.895. The highest BCUT2D eigenvalue weighted by molar-refractivity contribution is 6.30. The molecule has 0 aliphatic carbocycles. The Morgan fingerprint density at radius 1 is 1.16 bits per heavy atom. The molecule has 0 bridgehead atoms. The van der Waals surface area contributed by atoms with Crippen LogP contribution in [0.5, 0.6) is 0 Å². The van der Waals surface area contributed by atoms with E-state index in [0.717, 1.165) is 16.5 Å². The second kappa shape index (κ2) is 7.40. The Morgan fingerprint density at radius 3 is 2.64 bits per heavy atom. The summed E-state index contributed by atoms with van der Waals surface area (Å²) in [6.45, 7) is 1.54. The SMILES string of the molecule is C[C@@H](OC(=O)Cc1c[nH]c2ccccc12)C(=O)Nc1ccc(Cl)cc1. The van der Waals surface area contributed by atoms with E-state index < -0.39 is 18.0 Å². The summed E-state index contributed by atoms with van der Waals surface area (Å²) in [7, 11) is 0. The fraction of sp³-hybridized carbons (Fsp3) is 0.158. The summed E-state index contributed by atoms with van der Waals surface area (Å²) in [5, 5.41) is 4.23. The van der Waals surface area contributed by atoms with Crippen molar-refractivity contribution in [2.75, 3.05) is 5.32 Å². The Kier molecular flexibility index (Phi) is 5.05. The van der Waals surface area contributed by atoms with E-state index in [9.17, 15) is 9.59 Å². The number of ether oxygens (including phenoxy) is 1. The van der Waals surface area contributed by atoms with Crippen LogP contribution in [-0.2, 0) is 20.7 Å². The highest BCUT2D eigenvalue weighted by Gasteiger charge is 2.19. The summed E-state index contributed by atoms with van der Waals surface area (Å²) < 4.78 is 5.24. The fourth-order valence-electron chi connectivity index (χ4n) is 2.50. The van der Waals surface area contributed by atoms with Crippen LogP contribution in [0.15, 0.2) is 54.7 Å². The Hall–Kier alpha value is -2.79. The average Bonchev–Trinajstić information content (AvgIpc) is 3.00. The summed E-state index contributed by atoms with van der Waals surface area (Å²) in [4.78, 5) is 27.4. The number of amides is 1. The molecule has 0 aliphatic rings. The molecule has 1 atom stereocenters. The van der Waals surface area contributed by atoms with Crippen LogP contribution in [-0.4, -0.2) is 23.0 Å². The van der Waals surface area contributed by atoms with E-state index in [4.69, 9.17) is 16.3 Å². The van der Waals surface area contributed by atoms with Gasteiger partial charge in [-0.2, -0.15) is 0 Å².